The Kier molecular flexibility index (Phi) is 4.99. The lowest BCUT2D eigenvalue weighted by atomic mass is 9.85. The molecule has 1 saturated carbocycles. The van der Waals surface area contributed by atoms with E-state index in [0.717, 1.165) is 32.1 Å². The van der Waals surface area contributed by atoms with Crippen molar-refractivity contribution in [2.45, 2.75) is 71.3 Å². The van der Waals surface area contributed by atoms with Crippen LogP contribution in [0.2, 0.25) is 0 Å². The van der Waals surface area contributed by atoms with Crippen LogP contribution in [0.15, 0.2) is 0 Å². The molecule has 1 rings (SSSR count). The van der Waals surface area contributed by atoms with E-state index in [1.807, 2.05) is 0 Å². The Morgan fingerprint density at radius 1 is 1.24 bits per heavy atom. The van der Waals surface area contributed by atoms with Crippen molar-refractivity contribution in [2.24, 2.45) is 5.41 Å². The SMILES string of the molecule is CC(C)(C)CCC(=O)NCC1(O)CCCCC1. The van der Waals surface area contributed by atoms with E-state index in [-0.39, 0.29) is 11.3 Å². The maximum Gasteiger partial charge on any atom is 0.220 e. The second-order valence-corrected chi connectivity index (χ2v) is 6.62. The molecule has 0 atom stereocenters. The zero-order chi connectivity index (χ0) is 12.9. The summed E-state index contributed by atoms with van der Waals surface area (Å²) >= 11 is 0. The maximum atomic E-state index is 11.7. The van der Waals surface area contributed by atoms with Crippen LogP contribution in [0.4, 0.5) is 0 Å². The summed E-state index contributed by atoms with van der Waals surface area (Å²) in [6, 6.07) is 0. The first kappa shape index (κ1) is 14.5. The first-order valence-electron chi connectivity index (χ1n) is 6.80. The summed E-state index contributed by atoms with van der Waals surface area (Å²) in [6.45, 7) is 6.83. The molecule has 0 radical (unpaired) electrons. The summed E-state index contributed by atoms with van der Waals surface area (Å²) < 4.78 is 0. The molecular weight excluding hydrogens is 214 g/mol. The van der Waals surface area contributed by atoms with Crippen molar-refractivity contribution in [2.75, 3.05) is 6.54 Å². The van der Waals surface area contributed by atoms with Gasteiger partial charge in [0, 0.05) is 13.0 Å². The van der Waals surface area contributed by atoms with Crippen LogP contribution >= 0.6 is 0 Å². The second kappa shape index (κ2) is 5.85. The lowest BCUT2D eigenvalue weighted by Gasteiger charge is -2.32. The predicted molar refractivity (Wildman–Crippen MR) is 69.7 cm³/mol. The minimum Gasteiger partial charge on any atom is -0.388 e. The highest BCUT2D eigenvalue weighted by Gasteiger charge is 2.29. The van der Waals surface area contributed by atoms with Crippen LogP contribution < -0.4 is 5.32 Å². The molecule has 1 aliphatic rings. The van der Waals surface area contributed by atoms with Gasteiger partial charge in [0.15, 0.2) is 0 Å². The van der Waals surface area contributed by atoms with Gasteiger partial charge in [0.2, 0.25) is 5.91 Å². The fraction of sp³-hybridized carbons (Fsp3) is 0.929. The highest BCUT2D eigenvalue weighted by molar-refractivity contribution is 5.75. The summed E-state index contributed by atoms with van der Waals surface area (Å²) in [6.07, 6.45) is 6.46. The van der Waals surface area contributed by atoms with E-state index >= 15 is 0 Å². The molecule has 0 heterocycles. The smallest absolute Gasteiger partial charge is 0.220 e. The van der Waals surface area contributed by atoms with Gasteiger partial charge in [0.25, 0.3) is 0 Å². The molecule has 0 aromatic heterocycles. The Morgan fingerprint density at radius 3 is 2.35 bits per heavy atom. The number of amides is 1. The van der Waals surface area contributed by atoms with Crippen molar-refractivity contribution in [3.05, 3.63) is 0 Å². The van der Waals surface area contributed by atoms with Crippen molar-refractivity contribution in [3.8, 4) is 0 Å². The Morgan fingerprint density at radius 2 is 1.82 bits per heavy atom. The molecule has 1 aliphatic carbocycles. The first-order chi connectivity index (χ1) is 7.81. The van der Waals surface area contributed by atoms with E-state index in [1.54, 1.807) is 0 Å². The molecule has 0 spiro atoms. The Labute approximate surface area is 105 Å². The maximum absolute atomic E-state index is 11.7. The molecule has 1 fully saturated rings. The zero-order valence-corrected chi connectivity index (χ0v) is 11.5. The van der Waals surface area contributed by atoms with E-state index in [0.29, 0.717) is 13.0 Å². The third-order valence-corrected chi connectivity index (χ3v) is 3.50. The first-order valence-corrected chi connectivity index (χ1v) is 6.80. The summed E-state index contributed by atoms with van der Waals surface area (Å²) in [5.74, 6) is 0.0684. The number of hydrogen-bond donors (Lipinski definition) is 2. The fourth-order valence-corrected chi connectivity index (χ4v) is 2.23. The number of rotatable bonds is 4. The van der Waals surface area contributed by atoms with Crippen molar-refractivity contribution >= 4 is 5.91 Å². The highest BCUT2D eigenvalue weighted by Crippen LogP contribution is 2.27. The van der Waals surface area contributed by atoms with Gasteiger partial charge in [0.1, 0.15) is 0 Å². The van der Waals surface area contributed by atoms with Crippen LogP contribution in [0.25, 0.3) is 0 Å². The van der Waals surface area contributed by atoms with Crippen molar-refractivity contribution in [1.29, 1.82) is 0 Å². The molecule has 3 nitrogen and oxygen atoms in total. The summed E-state index contributed by atoms with van der Waals surface area (Å²) in [5.41, 5.74) is -0.450. The van der Waals surface area contributed by atoms with Gasteiger partial charge in [-0.25, -0.2) is 0 Å². The molecule has 0 unspecified atom stereocenters. The second-order valence-electron chi connectivity index (χ2n) is 6.62. The minimum atomic E-state index is -0.643. The number of carbonyl (C=O) groups excluding carboxylic acids is 1. The average Bonchev–Trinajstić information content (AvgIpc) is 2.24. The summed E-state index contributed by atoms with van der Waals surface area (Å²) in [4.78, 5) is 11.7. The summed E-state index contributed by atoms with van der Waals surface area (Å²) in [7, 11) is 0. The van der Waals surface area contributed by atoms with Crippen molar-refractivity contribution < 1.29 is 9.90 Å². The Bertz CT molecular complexity index is 249. The Hall–Kier alpha value is -0.570. The zero-order valence-electron chi connectivity index (χ0n) is 11.5. The fourth-order valence-electron chi connectivity index (χ4n) is 2.23. The number of carbonyl (C=O) groups is 1. The predicted octanol–water partition coefficient (Wildman–Crippen LogP) is 2.62. The van der Waals surface area contributed by atoms with Crippen molar-refractivity contribution in [3.63, 3.8) is 0 Å². The van der Waals surface area contributed by atoms with Gasteiger partial charge in [-0.3, -0.25) is 4.79 Å². The third-order valence-electron chi connectivity index (χ3n) is 3.50. The van der Waals surface area contributed by atoms with Gasteiger partial charge in [0.05, 0.1) is 5.60 Å². The van der Waals surface area contributed by atoms with Crippen LogP contribution in [-0.2, 0) is 4.79 Å². The molecule has 2 N–H and O–H groups in total. The largest absolute Gasteiger partial charge is 0.388 e. The molecule has 0 bridgehead atoms. The number of nitrogens with one attached hydrogen (secondary N) is 1. The molecular formula is C14H27NO2. The quantitative estimate of drug-likeness (QED) is 0.795. The average molecular weight is 241 g/mol. The third kappa shape index (κ3) is 6.06. The van der Waals surface area contributed by atoms with E-state index < -0.39 is 5.60 Å². The molecule has 0 aromatic rings. The molecule has 0 saturated heterocycles. The normalized spacial score (nSPS) is 20.0. The minimum absolute atomic E-state index is 0.0684. The monoisotopic (exact) mass is 241 g/mol. The van der Waals surface area contributed by atoms with Gasteiger partial charge in [-0.15, -0.1) is 0 Å². The van der Waals surface area contributed by atoms with Crippen LogP contribution in [0.5, 0.6) is 0 Å². The van der Waals surface area contributed by atoms with E-state index in [4.69, 9.17) is 0 Å². The van der Waals surface area contributed by atoms with Crippen molar-refractivity contribution in [1.82, 2.24) is 5.32 Å². The topological polar surface area (TPSA) is 49.3 Å². The van der Waals surface area contributed by atoms with Gasteiger partial charge in [-0.2, -0.15) is 0 Å². The molecule has 100 valence electrons. The van der Waals surface area contributed by atoms with Gasteiger partial charge in [-0.1, -0.05) is 40.0 Å². The van der Waals surface area contributed by atoms with Gasteiger partial charge in [-0.05, 0) is 24.7 Å². The van der Waals surface area contributed by atoms with Crippen LogP contribution in [0, 0.1) is 5.41 Å². The molecule has 0 aromatic carbocycles. The Balaban J connectivity index is 2.23. The number of aliphatic hydroxyl groups is 1. The van der Waals surface area contributed by atoms with Gasteiger partial charge < -0.3 is 10.4 Å². The van der Waals surface area contributed by atoms with E-state index in [1.165, 1.54) is 6.42 Å². The van der Waals surface area contributed by atoms with Crippen LogP contribution in [0.1, 0.15) is 65.7 Å². The molecule has 3 heteroatoms. The van der Waals surface area contributed by atoms with E-state index in [2.05, 4.69) is 26.1 Å². The molecule has 17 heavy (non-hydrogen) atoms. The van der Waals surface area contributed by atoms with Gasteiger partial charge >= 0.3 is 0 Å². The van der Waals surface area contributed by atoms with Crippen LogP contribution in [0.3, 0.4) is 0 Å². The molecule has 0 aliphatic heterocycles. The summed E-state index contributed by atoms with van der Waals surface area (Å²) in [5, 5.41) is 13.1. The highest BCUT2D eigenvalue weighted by atomic mass is 16.3. The number of hydrogen-bond acceptors (Lipinski definition) is 2. The van der Waals surface area contributed by atoms with E-state index in [9.17, 15) is 9.90 Å². The molecule has 1 amide bonds. The lowest BCUT2D eigenvalue weighted by molar-refractivity contribution is -0.123. The van der Waals surface area contributed by atoms with Crippen LogP contribution in [-0.4, -0.2) is 23.2 Å². The standard InChI is InChI=1S/C14H27NO2/c1-13(2,3)10-7-12(16)15-11-14(17)8-5-4-6-9-14/h17H,4-11H2,1-3H3,(H,15,16). The lowest BCUT2D eigenvalue weighted by Crippen LogP contribution is -2.44.